The molecule has 1 aliphatic carbocycles. The fourth-order valence-electron chi connectivity index (χ4n) is 4.27. The van der Waals surface area contributed by atoms with Crippen LogP contribution in [0.25, 0.3) is 0 Å². The van der Waals surface area contributed by atoms with Crippen molar-refractivity contribution in [3.8, 4) is 0 Å². The Morgan fingerprint density at radius 3 is 2.10 bits per heavy atom. The highest BCUT2D eigenvalue weighted by molar-refractivity contribution is 6.77. The van der Waals surface area contributed by atoms with E-state index in [0.717, 1.165) is 25.7 Å². The molecule has 3 rings (SSSR count). The Labute approximate surface area is 130 Å². The Morgan fingerprint density at radius 2 is 1.48 bits per heavy atom. The van der Waals surface area contributed by atoms with Gasteiger partial charge in [-0.1, -0.05) is 30.6 Å². The quantitative estimate of drug-likeness (QED) is 0.621. The molecular formula is C18H30O2Si. The van der Waals surface area contributed by atoms with E-state index in [2.05, 4.69) is 32.9 Å². The first-order chi connectivity index (χ1) is 10.1. The van der Waals surface area contributed by atoms with Crippen molar-refractivity contribution in [1.82, 2.24) is 0 Å². The SMILES string of the molecule is C/C1=C/CCC(C)O[Si]2(C3CCCC3)OC(C)CCC=C12. The van der Waals surface area contributed by atoms with Gasteiger partial charge >= 0.3 is 8.56 Å². The zero-order valence-corrected chi connectivity index (χ0v) is 14.9. The van der Waals surface area contributed by atoms with Crippen LogP contribution in [0.2, 0.25) is 5.54 Å². The summed E-state index contributed by atoms with van der Waals surface area (Å²) in [6.07, 6.45) is 15.4. The van der Waals surface area contributed by atoms with Gasteiger partial charge in [0.05, 0.1) is 0 Å². The summed E-state index contributed by atoms with van der Waals surface area (Å²) in [5.74, 6) is 0. The van der Waals surface area contributed by atoms with E-state index in [9.17, 15) is 0 Å². The standard InChI is InChI=1S/C18H30O2Si/c1-14-8-6-9-15(2)19-21(17-11-4-5-12-17)18(14)13-7-10-16(3)20-21/h8,13,15-17H,4-7,9-12H2,1-3H3/b14-8-. The van der Waals surface area contributed by atoms with E-state index in [1.54, 1.807) is 0 Å². The molecule has 2 nitrogen and oxygen atoms in total. The first-order valence-corrected chi connectivity index (χ1v) is 10.7. The first-order valence-electron chi connectivity index (χ1n) is 8.85. The summed E-state index contributed by atoms with van der Waals surface area (Å²) in [5.41, 5.74) is 2.10. The lowest BCUT2D eigenvalue weighted by Gasteiger charge is -2.41. The summed E-state index contributed by atoms with van der Waals surface area (Å²) in [6.45, 7) is 6.77. The molecule has 1 fully saturated rings. The molecule has 0 bridgehead atoms. The van der Waals surface area contributed by atoms with Crippen LogP contribution in [0.5, 0.6) is 0 Å². The van der Waals surface area contributed by atoms with E-state index < -0.39 is 8.56 Å². The van der Waals surface area contributed by atoms with Gasteiger partial charge in [-0.3, -0.25) is 0 Å². The van der Waals surface area contributed by atoms with Gasteiger partial charge in [0.2, 0.25) is 0 Å². The summed E-state index contributed by atoms with van der Waals surface area (Å²) >= 11 is 0. The first kappa shape index (κ1) is 15.5. The third-order valence-corrected chi connectivity index (χ3v) is 9.90. The Kier molecular flexibility index (Phi) is 4.72. The van der Waals surface area contributed by atoms with Gasteiger partial charge in [-0.05, 0) is 64.5 Å². The lowest BCUT2D eigenvalue weighted by molar-refractivity contribution is 0.0849. The largest absolute Gasteiger partial charge is 0.388 e. The zero-order chi connectivity index (χ0) is 14.9. The van der Waals surface area contributed by atoms with Crippen molar-refractivity contribution in [2.24, 2.45) is 0 Å². The highest BCUT2D eigenvalue weighted by Crippen LogP contribution is 2.48. The molecule has 2 heterocycles. The second kappa shape index (κ2) is 6.39. The molecule has 0 saturated heterocycles. The predicted octanol–water partition coefficient (Wildman–Crippen LogP) is 5.18. The number of hydrogen-bond acceptors (Lipinski definition) is 2. The molecule has 2 aliphatic heterocycles. The van der Waals surface area contributed by atoms with E-state index in [1.165, 1.54) is 36.5 Å². The molecule has 0 spiro atoms. The highest BCUT2D eigenvalue weighted by atomic mass is 28.4. The summed E-state index contributed by atoms with van der Waals surface area (Å²) < 4.78 is 13.6. The highest BCUT2D eigenvalue weighted by Gasteiger charge is 2.53. The van der Waals surface area contributed by atoms with Gasteiger partial charge in [-0.15, -0.1) is 0 Å². The number of rotatable bonds is 1. The summed E-state index contributed by atoms with van der Waals surface area (Å²) in [6, 6.07) is 0. The maximum atomic E-state index is 6.80. The van der Waals surface area contributed by atoms with Crippen molar-refractivity contribution < 1.29 is 8.85 Å². The van der Waals surface area contributed by atoms with Crippen LogP contribution >= 0.6 is 0 Å². The van der Waals surface area contributed by atoms with Crippen LogP contribution in [0.15, 0.2) is 22.9 Å². The van der Waals surface area contributed by atoms with Gasteiger partial charge in [-0.2, -0.15) is 0 Å². The number of fused-ring (bicyclic) bond motifs is 1. The third kappa shape index (κ3) is 3.06. The Hall–Kier alpha value is -0.383. The third-order valence-electron chi connectivity index (χ3n) is 5.39. The van der Waals surface area contributed by atoms with E-state index in [-0.39, 0.29) is 0 Å². The van der Waals surface area contributed by atoms with Gasteiger partial charge < -0.3 is 8.85 Å². The second-order valence-corrected chi connectivity index (χ2v) is 10.3. The van der Waals surface area contributed by atoms with Crippen LogP contribution < -0.4 is 0 Å². The molecule has 1 saturated carbocycles. The maximum absolute atomic E-state index is 6.80. The molecule has 0 N–H and O–H groups in total. The van der Waals surface area contributed by atoms with Gasteiger partial charge in [0.25, 0.3) is 0 Å². The lowest BCUT2D eigenvalue weighted by Crippen LogP contribution is -2.52. The van der Waals surface area contributed by atoms with E-state index in [1.807, 2.05) is 0 Å². The molecule has 3 aliphatic rings. The van der Waals surface area contributed by atoms with Gasteiger partial charge in [0.15, 0.2) is 0 Å². The number of hydrogen-bond donors (Lipinski definition) is 0. The molecule has 0 aromatic carbocycles. The van der Waals surface area contributed by atoms with Crippen molar-refractivity contribution in [3.05, 3.63) is 22.9 Å². The summed E-state index contributed by atoms with van der Waals surface area (Å²) in [5, 5.41) is 1.48. The van der Waals surface area contributed by atoms with Crippen LogP contribution in [0.4, 0.5) is 0 Å². The van der Waals surface area contributed by atoms with Crippen molar-refractivity contribution in [2.75, 3.05) is 0 Å². The molecule has 3 unspecified atom stereocenters. The zero-order valence-electron chi connectivity index (χ0n) is 13.9. The average Bonchev–Trinajstić information content (AvgIpc) is 2.91. The lowest BCUT2D eigenvalue weighted by atomic mass is 10.1. The molecule has 118 valence electrons. The Morgan fingerprint density at radius 1 is 0.905 bits per heavy atom. The monoisotopic (exact) mass is 306 g/mol. The minimum absolute atomic E-state index is 0.329. The minimum Gasteiger partial charge on any atom is -0.388 e. The van der Waals surface area contributed by atoms with Crippen LogP contribution in [-0.2, 0) is 8.85 Å². The average molecular weight is 307 g/mol. The van der Waals surface area contributed by atoms with Crippen LogP contribution in [0.1, 0.15) is 72.1 Å². The van der Waals surface area contributed by atoms with Crippen LogP contribution in [0, 0.1) is 0 Å². The normalized spacial score (nSPS) is 41.3. The Balaban J connectivity index is 2.06. The molecule has 0 aromatic rings. The fourth-order valence-corrected chi connectivity index (χ4v) is 9.09. The molecule has 3 heteroatoms. The molecule has 3 atom stereocenters. The molecule has 0 amide bonds. The topological polar surface area (TPSA) is 18.5 Å². The fraction of sp³-hybridized carbons (Fsp3) is 0.778. The minimum atomic E-state index is -2.30. The predicted molar refractivity (Wildman–Crippen MR) is 89.4 cm³/mol. The van der Waals surface area contributed by atoms with Crippen molar-refractivity contribution in [1.29, 1.82) is 0 Å². The van der Waals surface area contributed by atoms with Crippen molar-refractivity contribution in [3.63, 3.8) is 0 Å². The van der Waals surface area contributed by atoms with Gasteiger partial charge in [0, 0.05) is 17.7 Å². The molecule has 21 heavy (non-hydrogen) atoms. The molecule has 0 aromatic heterocycles. The van der Waals surface area contributed by atoms with Gasteiger partial charge in [0.1, 0.15) is 0 Å². The molecule has 0 radical (unpaired) electrons. The molecular weight excluding hydrogens is 276 g/mol. The Bertz CT molecular complexity index is 436. The van der Waals surface area contributed by atoms with E-state index in [4.69, 9.17) is 8.85 Å². The van der Waals surface area contributed by atoms with Crippen LogP contribution in [-0.4, -0.2) is 20.8 Å². The van der Waals surface area contributed by atoms with E-state index >= 15 is 0 Å². The van der Waals surface area contributed by atoms with Crippen LogP contribution in [0.3, 0.4) is 0 Å². The van der Waals surface area contributed by atoms with Crippen molar-refractivity contribution in [2.45, 2.75) is 89.9 Å². The van der Waals surface area contributed by atoms with Gasteiger partial charge in [-0.25, -0.2) is 0 Å². The number of allylic oxidation sites excluding steroid dienone is 4. The van der Waals surface area contributed by atoms with Crippen molar-refractivity contribution >= 4 is 8.56 Å². The summed E-state index contributed by atoms with van der Waals surface area (Å²) in [4.78, 5) is 0. The smallest absolute Gasteiger partial charge is 0.376 e. The maximum Gasteiger partial charge on any atom is 0.376 e. The van der Waals surface area contributed by atoms with E-state index in [0.29, 0.717) is 17.7 Å². The second-order valence-electron chi connectivity index (χ2n) is 7.17. The summed E-state index contributed by atoms with van der Waals surface area (Å²) in [7, 11) is -2.30.